The van der Waals surface area contributed by atoms with Crippen molar-refractivity contribution in [2.45, 2.75) is 0 Å². The zero-order chi connectivity index (χ0) is 13.5. The molecule has 2 heterocycles. The molecule has 3 nitrogen and oxygen atoms in total. The first kappa shape index (κ1) is 13.8. The lowest BCUT2D eigenvalue weighted by Crippen LogP contribution is -1.93. The fourth-order valence-corrected chi connectivity index (χ4v) is 0.920. The topological polar surface area (TPSA) is 42.9 Å². The minimum atomic E-state index is -0.935. The first-order valence-electron chi connectivity index (χ1n) is 4.55. The van der Waals surface area contributed by atoms with Crippen LogP contribution >= 0.6 is 0 Å². The molecule has 7 heteroatoms. The van der Waals surface area contributed by atoms with Crippen molar-refractivity contribution < 1.29 is 22.4 Å². The van der Waals surface area contributed by atoms with Crippen LogP contribution in [0.25, 0.3) is 0 Å². The van der Waals surface area contributed by atoms with Crippen LogP contribution in [0.3, 0.4) is 0 Å². The van der Waals surface area contributed by atoms with E-state index in [1.165, 1.54) is 0 Å². The van der Waals surface area contributed by atoms with Crippen molar-refractivity contribution in [2.24, 2.45) is 0 Å². The quantitative estimate of drug-likeness (QED) is 0.583. The van der Waals surface area contributed by atoms with E-state index in [2.05, 4.69) is 9.97 Å². The van der Waals surface area contributed by atoms with Gasteiger partial charge in [-0.25, -0.2) is 17.6 Å². The van der Waals surface area contributed by atoms with Crippen LogP contribution in [0.1, 0.15) is 10.4 Å². The van der Waals surface area contributed by atoms with Crippen molar-refractivity contribution in [3.8, 4) is 0 Å². The van der Waals surface area contributed by atoms with Gasteiger partial charge in [0.1, 0.15) is 11.6 Å². The van der Waals surface area contributed by atoms with Crippen LogP contribution in [0.15, 0.2) is 30.9 Å². The summed E-state index contributed by atoms with van der Waals surface area (Å²) < 4.78 is 48.4. The first-order chi connectivity index (χ1) is 8.54. The Balaban J connectivity index is 0.000000184. The molecule has 0 aliphatic carbocycles. The monoisotopic (exact) mass is 258 g/mol. The van der Waals surface area contributed by atoms with Gasteiger partial charge >= 0.3 is 0 Å². The standard InChI is InChI=1S/C6H3F2NO.C5H3F2N/c7-5-1-9-2-6(8)4(5)3-10;6-4-1-5(7)3-8-2-4/h1-3H;1-3H. The largest absolute Gasteiger partial charge is 0.298 e. The number of halogens is 4. The molecule has 0 bridgehead atoms. The van der Waals surface area contributed by atoms with E-state index in [0.717, 1.165) is 30.9 Å². The van der Waals surface area contributed by atoms with Gasteiger partial charge in [-0.15, -0.1) is 0 Å². The van der Waals surface area contributed by atoms with Crippen molar-refractivity contribution in [1.82, 2.24) is 9.97 Å². The highest BCUT2D eigenvalue weighted by Gasteiger charge is 2.05. The van der Waals surface area contributed by atoms with E-state index >= 15 is 0 Å². The van der Waals surface area contributed by atoms with Crippen LogP contribution in [0.4, 0.5) is 17.6 Å². The number of nitrogens with zero attached hydrogens (tertiary/aromatic N) is 2. The van der Waals surface area contributed by atoms with Gasteiger partial charge in [0.2, 0.25) is 0 Å². The summed E-state index contributed by atoms with van der Waals surface area (Å²) in [5.74, 6) is -3.17. The third-order valence-corrected chi connectivity index (χ3v) is 1.68. The zero-order valence-corrected chi connectivity index (χ0v) is 8.78. The Morgan fingerprint density at radius 2 is 1.28 bits per heavy atom. The van der Waals surface area contributed by atoms with Gasteiger partial charge in [0.15, 0.2) is 17.9 Å². The molecule has 0 saturated heterocycles. The van der Waals surface area contributed by atoms with E-state index in [-0.39, 0.29) is 6.29 Å². The summed E-state index contributed by atoms with van der Waals surface area (Å²) in [5, 5.41) is 0. The third-order valence-electron chi connectivity index (χ3n) is 1.68. The normalized spacial score (nSPS) is 9.33. The fourth-order valence-electron chi connectivity index (χ4n) is 0.920. The molecule has 0 fully saturated rings. The Bertz CT molecular complexity index is 511. The van der Waals surface area contributed by atoms with E-state index in [0.29, 0.717) is 0 Å². The highest BCUT2D eigenvalue weighted by Crippen LogP contribution is 2.05. The molecule has 0 spiro atoms. The summed E-state index contributed by atoms with van der Waals surface area (Å²) in [7, 11) is 0. The van der Waals surface area contributed by atoms with Gasteiger partial charge in [0.05, 0.1) is 30.4 Å². The predicted octanol–water partition coefficient (Wildman–Crippen LogP) is 2.53. The number of aldehydes is 1. The number of pyridine rings is 2. The van der Waals surface area contributed by atoms with Crippen LogP contribution in [0, 0.1) is 23.3 Å². The number of hydrogen-bond donors (Lipinski definition) is 0. The fraction of sp³-hybridized carbons (Fsp3) is 0. The van der Waals surface area contributed by atoms with E-state index in [1.54, 1.807) is 0 Å². The van der Waals surface area contributed by atoms with Crippen LogP contribution < -0.4 is 0 Å². The summed E-state index contributed by atoms with van der Waals surface area (Å²) in [5.41, 5.74) is -0.574. The molecule has 0 amide bonds. The maximum absolute atomic E-state index is 12.3. The summed E-state index contributed by atoms with van der Waals surface area (Å²) >= 11 is 0. The zero-order valence-electron chi connectivity index (χ0n) is 8.78. The third kappa shape index (κ3) is 3.93. The van der Waals surface area contributed by atoms with E-state index in [4.69, 9.17) is 0 Å². The molecule has 0 saturated carbocycles. The van der Waals surface area contributed by atoms with Crippen molar-refractivity contribution >= 4 is 6.29 Å². The minimum Gasteiger partial charge on any atom is -0.298 e. The lowest BCUT2D eigenvalue weighted by molar-refractivity contribution is 0.111. The van der Waals surface area contributed by atoms with Crippen molar-refractivity contribution in [3.63, 3.8) is 0 Å². The Labute approximate surface area is 99.1 Å². The lowest BCUT2D eigenvalue weighted by atomic mass is 10.3. The summed E-state index contributed by atoms with van der Waals surface area (Å²) in [6, 6.07) is 0.771. The SMILES string of the molecule is Fc1cncc(F)c1.O=Cc1c(F)cncc1F. The average Bonchev–Trinajstić information content (AvgIpc) is 2.29. The Hall–Kier alpha value is -2.31. The maximum atomic E-state index is 12.3. The maximum Gasteiger partial charge on any atom is 0.156 e. The van der Waals surface area contributed by atoms with Crippen molar-refractivity contribution in [2.75, 3.05) is 0 Å². The van der Waals surface area contributed by atoms with Crippen LogP contribution in [-0.2, 0) is 0 Å². The smallest absolute Gasteiger partial charge is 0.156 e. The van der Waals surface area contributed by atoms with E-state index in [1.807, 2.05) is 0 Å². The van der Waals surface area contributed by atoms with Gasteiger partial charge in [0.25, 0.3) is 0 Å². The average molecular weight is 258 g/mol. The second-order valence-electron chi connectivity index (χ2n) is 2.96. The van der Waals surface area contributed by atoms with Gasteiger partial charge in [0, 0.05) is 6.07 Å². The van der Waals surface area contributed by atoms with Gasteiger partial charge in [-0.1, -0.05) is 0 Å². The molecule has 0 atom stereocenters. The highest BCUT2D eigenvalue weighted by atomic mass is 19.1. The molecule has 2 aromatic heterocycles. The molecular weight excluding hydrogens is 252 g/mol. The summed E-state index contributed by atoms with van der Waals surface area (Å²) in [6.45, 7) is 0. The second-order valence-corrected chi connectivity index (χ2v) is 2.96. The number of carbonyl (C=O) groups excluding carboxylic acids is 1. The Morgan fingerprint density at radius 3 is 1.56 bits per heavy atom. The van der Waals surface area contributed by atoms with Crippen molar-refractivity contribution in [3.05, 3.63) is 59.7 Å². The molecule has 0 aliphatic rings. The number of hydrogen-bond acceptors (Lipinski definition) is 3. The number of carbonyl (C=O) groups is 1. The predicted molar refractivity (Wildman–Crippen MR) is 53.7 cm³/mol. The number of rotatable bonds is 1. The van der Waals surface area contributed by atoms with E-state index < -0.39 is 28.8 Å². The molecule has 0 aromatic carbocycles. The first-order valence-corrected chi connectivity index (χ1v) is 4.55. The van der Waals surface area contributed by atoms with Gasteiger partial charge in [-0.2, -0.15) is 0 Å². The highest BCUT2D eigenvalue weighted by molar-refractivity contribution is 5.75. The molecule has 18 heavy (non-hydrogen) atoms. The molecule has 0 N–H and O–H groups in total. The molecule has 2 aromatic rings. The molecule has 0 aliphatic heterocycles. The van der Waals surface area contributed by atoms with E-state index in [9.17, 15) is 22.4 Å². The number of aromatic nitrogens is 2. The van der Waals surface area contributed by atoms with Crippen LogP contribution in [-0.4, -0.2) is 16.3 Å². The Kier molecular flexibility index (Phi) is 4.91. The van der Waals surface area contributed by atoms with Crippen molar-refractivity contribution in [1.29, 1.82) is 0 Å². The molecular formula is C11H6F4N2O. The molecule has 94 valence electrons. The molecule has 0 unspecified atom stereocenters. The van der Waals surface area contributed by atoms with Gasteiger partial charge in [-0.05, 0) is 0 Å². The summed E-state index contributed by atoms with van der Waals surface area (Å²) in [4.78, 5) is 16.4. The van der Waals surface area contributed by atoms with Crippen LogP contribution in [0.5, 0.6) is 0 Å². The lowest BCUT2D eigenvalue weighted by Gasteiger charge is -1.92. The molecule has 2 rings (SSSR count). The minimum absolute atomic E-state index is 0.117. The Morgan fingerprint density at radius 1 is 0.833 bits per heavy atom. The summed E-state index contributed by atoms with van der Waals surface area (Å²) in [6.07, 6.45) is 3.58. The molecule has 0 radical (unpaired) electrons. The van der Waals surface area contributed by atoms with Gasteiger partial charge in [-0.3, -0.25) is 14.8 Å². The van der Waals surface area contributed by atoms with Gasteiger partial charge < -0.3 is 0 Å². The second kappa shape index (κ2) is 6.43. The van der Waals surface area contributed by atoms with Crippen LogP contribution in [0.2, 0.25) is 0 Å².